The third kappa shape index (κ3) is 4.97. The Morgan fingerprint density at radius 1 is 1.23 bits per heavy atom. The molecule has 0 aromatic carbocycles. The number of alkyl halides is 6. The standard InChI is InChI=1S/C11H9F6NO4/c1-2-21-8(20)3-5-6(10(12,13)14)4-7(19)18-9(5)22-11(15,16)17/h4H,2-3H2,1H3,(H,18,19). The average Bonchev–Trinajstić information content (AvgIpc) is 2.29. The summed E-state index contributed by atoms with van der Waals surface area (Å²) in [6.07, 6.45) is -11.7. The van der Waals surface area contributed by atoms with Gasteiger partial charge in [-0.1, -0.05) is 0 Å². The average molecular weight is 333 g/mol. The molecule has 0 unspecified atom stereocenters. The summed E-state index contributed by atoms with van der Waals surface area (Å²) in [5.74, 6) is -2.70. The van der Waals surface area contributed by atoms with E-state index in [2.05, 4.69) is 9.47 Å². The molecule has 0 amide bonds. The summed E-state index contributed by atoms with van der Waals surface area (Å²) in [6, 6.07) is 0.0395. The number of rotatable bonds is 4. The third-order valence-electron chi connectivity index (χ3n) is 2.26. The number of hydrogen-bond acceptors (Lipinski definition) is 4. The largest absolute Gasteiger partial charge is 0.574 e. The van der Waals surface area contributed by atoms with Crippen LogP contribution in [0.4, 0.5) is 26.3 Å². The van der Waals surface area contributed by atoms with E-state index >= 15 is 0 Å². The van der Waals surface area contributed by atoms with E-state index in [0.717, 1.165) is 0 Å². The fourth-order valence-corrected chi connectivity index (χ4v) is 1.55. The van der Waals surface area contributed by atoms with Crippen molar-refractivity contribution in [3.63, 3.8) is 0 Å². The molecule has 0 atom stereocenters. The zero-order valence-electron chi connectivity index (χ0n) is 10.9. The van der Waals surface area contributed by atoms with E-state index in [9.17, 15) is 35.9 Å². The summed E-state index contributed by atoms with van der Waals surface area (Å²) >= 11 is 0. The molecule has 0 saturated heterocycles. The van der Waals surface area contributed by atoms with Crippen molar-refractivity contribution in [2.75, 3.05) is 6.61 Å². The molecule has 5 nitrogen and oxygen atoms in total. The molecule has 0 saturated carbocycles. The molecule has 0 aliphatic rings. The highest BCUT2D eigenvalue weighted by molar-refractivity contribution is 5.74. The molecule has 11 heteroatoms. The topological polar surface area (TPSA) is 68.4 Å². The van der Waals surface area contributed by atoms with Crippen molar-refractivity contribution < 1.29 is 40.6 Å². The van der Waals surface area contributed by atoms with Gasteiger partial charge >= 0.3 is 18.5 Å². The second-order valence-corrected chi connectivity index (χ2v) is 3.88. The van der Waals surface area contributed by atoms with E-state index in [0.29, 0.717) is 0 Å². The zero-order valence-corrected chi connectivity index (χ0v) is 10.9. The van der Waals surface area contributed by atoms with E-state index in [1.807, 2.05) is 0 Å². The molecule has 1 aromatic rings. The van der Waals surface area contributed by atoms with Crippen LogP contribution in [0.5, 0.6) is 5.88 Å². The first-order chi connectivity index (χ1) is 9.94. The monoisotopic (exact) mass is 333 g/mol. The highest BCUT2D eigenvalue weighted by Gasteiger charge is 2.39. The van der Waals surface area contributed by atoms with Gasteiger partial charge < -0.3 is 9.47 Å². The van der Waals surface area contributed by atoms with Crippen molar-refractivity contribution in [3.8, 4) is 5.88 Å². The minimum Gasteiger partial charge on any atom is -0.466 e. The van der Waals surface area contributed by atoms with Gasteiger partial charge in [-0.15, -0.1) is 13.2 Å². The van der Waals surface area contributed by atoms with Crippen molar-refractivity contribution >= 4 is 5.97 Å². The Bertz CT molecular complexity index is 604. The number of pyridine rings is 1. The Labute approximate surface area is 118 Å². The second kappa shape index (κ2) is 6.28. The summed E-state index contributed by atoms with van der Waals surface area (Å²) in [6.45, 7) is 1.18. The van der Waals surface area contributed by atoms with Crippen molar-refractivity contribution in [3.05, 3.63) is 27.5 Å². The molecular weight excluding hydrogens is 324 g/mol. The second-order valence-electron chi connectivity index (χ2n) is 3.88. The molecule has 1 rings (SSSR count). The summed E-state index contributed by atoms with van der Waals surface area (Å²) in [4.78, 5) is 23.9. The fourth-order valence-electron chi connectivity index (χ4n) is 1.55. The molecule has 1 heterocycles. The van der Waals surface area contributed by atoms with Crippen LogP contribution >= 0.6 is 0 Å². The first-order valence-corrected chi connectivity index (χ1v) is 5.68. The van der Waals surface area contributed by atoms with Gasteiger partial charge in [0, 0.05) is 11.6 Å². The lowest BCUT2D eigenvalue weighted by Gasteiger charge is -2.17. The van der Waals surface area contributed by atoms with E-state index in [1.165, 1.54) is 11.9 Å². The lowest BCUT2D eigenvalue weighted by molar-refractivity contribution is -0.276. The van der Waals surface area contributed by atoms with Crippen molar-refractivity contribution in [1.29, 1.82) is 0 Å². The molecule has 0 spiro atoms. The number of halogens is 6. The van der Waals surface area contributed by atoms with Gasteiger partial charge in [0.25, 0.3) is 5.56 Å². The van der Waals surface area contributed by atoms with Crippen LogP contribution in [-0.4, -0.2) is 23.9 Å². The first-order valence-electron chi connectivity index (χ1n) is 5.68. The van der Waals surface area contributed by atoms with Crippen LogP contribution in [0.3, 0.4) is 0 Å². The van der Waals surface area contributed by atoms with Crippen molar-refractivity contribution in [1.82, 2.24) is 4.98 Å². The van der Waals surface area contributed by atoms with Gasteiger partial charge in [-0.2, -0.15) is 13.2 Å². The molecule has 1 N–H and O–H groups in total. The lowest BCUT2D eigenvalue weighted by Crippen LogP contribution is -2.25. The number of H-pyrrole nitrogens is 1. The predicted octanol–water partition coefficient (Wildman–Crippen LogP) is 2.40. The molecule has 0 aliphatic heterocycles. The van der Waals surface area contributed by atoms with Gasteiger partial charge in [0.05, 0.1) is 18.6 Å². The summed E-state index contributed by atoms with van der Waals surface area (Å²) in [5.41, 5.74) is -4.33. The molecule has 0 aliphatic carbocycles. The number of hydrogen-bond donors (Lipinski definition) is 1. The van der Waals surface area contributed by atoms with E-state index in [1.54, 1.807) is 0 Å². The maximum absolute atomic E-state index is 12.8. The minimum atomic E-state index is -5.35. The number of ether oxygens (including phenoxy) is 2. The van der Waals surface area contributed by atoms with Gasteiger partial charge in [-0.25, -0.2) is 0 Å². The molecular formula is C11H9F6NO4. The fraction of sp³-hybridized carbons (Fsp3) is 0.455. The van der Waals surface area contributed by atoms with Gasteiger partial charge in [0.2, 0.25) is 5.88 Å². The summed E-state index contributed by atoms with van der Waals surface area (Å²) in [7, 11) is 0. The number of carbonyl (C=O) groups excluding carboxylic acids is 1. The number of carbonyl (C=O) groups is 1. The Morgan fingerprint density at radius 3 is 2.27 bits per heavy atom. The third-order valence-corrected chi connectivity index (χ3v) is 2.26. The molecule has 0 radical (unpaired) electrons. The van der Waals surface area contributed by atoms with Crippen molar-refractivity contribution in [2.24, 2.45) is 0 Å². The predicted molar refractivity (Wildman–Crippen MR) is 59.1 cm³/mol. The molecule has 0 fully saturated rings. The highest BCUT2D eigenvalue weighted by atomic mass is 19.4. The van der Waals surface area contributed by atoms with Crippen LogP contribution in [0.15, 0.2) is 10.9 Å². The minimum absolute atomic E-state index is 0.0395. The summed E-state index contributed by atoms with van der Waals surface area (Å²) in [5, 5.41) is 0. The SMILES string of the molecule is CCOC(=O)Cc1c(C(F)(F)F)cc(=O)[nH]c1OC(F)(F)F. The van der Waals surface area contributed by atoms with Crippen molar-refractivity contribution in [2.45, 2.75) is 25.9 Å². The normalized spacial score (nSPS) is 12.1. The maximum Gasteiger partial charge on any atom is 0.574 e. The van der Waals surface area contributed by atoms with Gasteiger partial charge in [-0.05, 0) is 6.92 Å². The van der Waals surface area contributed by atoms with E-state index in [-0.39, 0.29) is 12.7 Å². The molecule has 124 valence electrons. The number of aromatic nitrogens is 1. The van der Waals surface area contributed by atoms with Crippen LogP contribution < -0.4 is 10.3 Å². The Morgan fingerprint density at radius 2 is 1.82 bits per heavy atom. The highest BCUT2D eigenvalue weighted by Crippen LogP contribution is 2.36. The number of aromatic amines is 1. The van der Waals surface area contributed by atoms with Crippen LogP contribution in [0.2, 0.25) is 0 Å². The maximum atomic E-state index is 12.8. The quantitative estimate of drug-likeness (QED) is 0.679. The van der Waals surface area contributed by atoms with Crippen LogP contribution in [0.1, 0.15) is 18.1 Å². The lowest BCUT2D eigenvalue weighted by atomic mass is 10.1. The van der Waals surface area contributed by atoms with Crippen LogP contribution in [0, 0.1) is 0 Å². The Hall–Kier alpha value is -2.20. The van der Waals surface area contributed by atoms with Gasteiger partial charge in [0.1, 0.15) is 0 Å². The number of esters is 1. The van der Waals surface area contributed by atoms with E-state index < -0.39 is 47.5 Å². The van der Waals surface area contributed by atoms with Gasteiger partial charge in [0.15, 0.2) is 0 Å². The number of nitrogens with one attached hydrogen (secondary N) is 1. The molecule has 0 bridgehead atoms. The summed E-state index contributed by atoms with van der Waals surface area (Å²) < 4.78 is 82.9. The Balaban J connectivity index is 3.44. The Kier molecular flexibility index (Phi) is 5.09. The molecule has 22 heavy (non-hydrogen) atoms. The van der Waals surface area contributed by atoms with E-state index in [4.69, 9.17) is 0 Å². The smallest absolute Gasteiger partial charge is 0.466 e. The first kappa shape index (κ1) is 17.9. The molecule has 1 aromatic heterocycles. The van der Waals surface area contributed by atoms with Gasteiger partial charge in [-0.3, -0.25) is 14.6 Å². The zero-order chi connectivity index (χ0) is 17.1. The van der Waals surface area contributed by atoms with Crippen LogP contribution in [-0.2, 0) is 22.1 Å². The van der Waals surface area contributed by atoms with Crippen LogP contribution in [0.25, 0.3) is 0 Å².